The summed E-state index contributed by atoms with van der Waals surface area (Å²) in [5, 5.41) is 0. The average molecular weight is 269 g/mol. The molecule has 1 radical (unpaired) electrons. The van der Waals surface area contributed by atoms with Gasteiger partial charge in [0.15, 0.2) is 0 Å². The van der Waals surface area contributed by atoms with Crippen LogP contribution in [0.5, 0.6) is 0 Å². The summed E-state index contributed by atoms with van der Waals surface area (Å²) < 4.78 is 15.4. The zero-order valence-electron chi connectivity index (χ0n) is 9.65. The molecule has 0 fully saturated rings. The third-order valence-corrected chi connectivity index (χ3v) is 7.26. The second-order valence-corrected chi connectivity index (χ2v) is 9.21. The van der Waals surface area contributed by atoms with Crippen molar-refractivity contribution in [2.75, 3.05) is 21.3 Å². The summed E-state index contributed by atoms with van der Waals surface area (Å²) in [6.45, 7) is 3.80. The van der Waals surface area contributed by atoms with E-state index in [-0.39, 0.29) is 0 Å². The summed E-state index contributed by atoms with van der Waals surface area (Å²) in [5.74, 6) is 0. The molecule has 15 heavy (non-hydrogen) atoms. The Labute approximate surface area is 105 Å². The first-order chi connectivity index (χ1) is 6.99. The SMILES string of the molecule is [CH2]CCCCC(S)(S)[Si](OC)(OC)OC. The molecule has 0 saturated carbocycles. The van der Waals surface area contributed by atoms with Gasteiger partial charge in [-0.25, -0.2) is 0 Å². The van der Waals surface area contributed by atoms with Gasteiger partial charge in [0, 0.05) is 21.3 Å². The molecule has 0 aromatic rings. The molecule has 0 aliphatic rings. The minimum atomic E-state index is -2.79. The Kier molecular flexibility index (Phi) is 7.57. The van der Waals surface area contributed by atoms with E-state index in [0.29, 0.717) is 0 Å². The maximum Gasteiger partial charge on any atom is 0.527 e. The third kappa shape index (κ3) is 3.94. The first kappa shape index (κ1) is 15.8. The number of thiol groups is 2. The summed E-state index contributed by atoms with van der Waals surface area (Å²) in [6.07, 6.45) is 3.72. The molecule has 0 saturated heterocycles. The summed E-state index contributed by atoms with van der Waals surface area (Å²) in [5.41, 5.74) is 0. The molecule has 0 amide bonds. The van der Waals surface area contributed by atoms with Gasteiger partial charge in [-0.3, -0.25) is 0 Å². The number of hydrogen-bond acceptors (Lipinski definition) is 5. The van der Waals surface area contributed by atoms with Gasteiger partial charge in [-0.15, -0.1) is 0 Å². The van der Waals surface area contributed by atoms with E-state index in [1.807, 2.05) is 0 Å². The fraction of sp³-hybridized carbons (Fsp3) is 0.889. The lowest BCUT2D eigenvalue weighted by Gasteiger charge is -2.36. The molecule has 0 bridgehead atoms. The lowest BCUT2D eigenvalue weighted by molar-refractivity contribution is 0.117. The quantitative estimate of drug-likeness (QED) is 0.307. The topological polar surface area (TPSA) is 27.7 Å². The highest BCUT2D eigenvalue weighted by atomic mass is 32.2. The summed E-state index contributed by atoms with van der Waals surface area (Å²) in [7, 11) is 1.93. The predicted molar refractivity (Wildman–Crippen MR) is 71.3 cm³/mol. The van der Waals surface area contributed by atoms with Crippen LogP contribution in [0.4, 0.5) is 0 Å². The number of hydrogen-bond donors (Lipinski definition) is 2. The predicted octanol–water partition coefficient (Wildman–Crippen LogP) is 2.35. The van der Waals surface area contributed by atoms with E-state index in [1.165, 1.54) is 0 Å². The number of rotatable bonds is 8. The molecule has 0 atom stereocenters. The van der Waals surface area contributed by atoms with Crippen molar-refractivity contribution in [3.8, 4) is 0 Å². The smallest absolute Gasteiger partial charge is 0.376 e. The average Bonchev–Trinajstić information content (AvgIpc) is 2.21. The lowest BCUT2D eigenvalue weighted by atomic mass is 10.2. The van der Waals surface area contributed by atoms with Gasteiger partial charge in [0.1, 0.15) is 3.70 Å². The van der Waals surface area contributed by atoms with Crippen LogP contribution in [0.25, 0.3) is 0 Å². The van der Waals surface area contributed by atoms with Crippen molar-refractivity contribution in [1.82, 2.24) is 0 Å². The lowest BCUT2D eigenvalue weighted by Crippen LogP contribution is -2.58. The van der Waals surface area contributed by atoms with Gasteiger partial charge in [-0.1, -0.05) is 26.2 Å². The monoisotopic (exact) mass is 269 g/mol. The molecular formula is C9H21O3S2Si. The Hall–Kier alpha value is 0.797. The molecule has 0 spiro atoms. The van der Waals surface area contributed by atoms with Crippen molar-refractivity contribution >= 4 is 34.1 Å². The van der Waals surface area contributed by atoms with Crippen molar-refractivity contribution in [3.05, 3.63) is 6.92 Å². The Balaban J connectivity index is 4.48. The highest BCUT2D eigenvalue weighted by Gasteiger charge is 2.55. The molecule has 0 N–H and O–H groups in total. The Bertz CT molecular complexity index is 166. The summed E-state index contributed by atoms with van der Waals surface area (Å²) in [6, 6.07) is 0. The van der Waals surface area contributed by atoms with E-state index in [2.05, 4.69) is 32.2 Å². The molecule has 0 aromatic heterocycles. The molecule has 3 nitrogen and oxygen atoms in total. The molecule has 6 heteroatoms. The fourth-order valence-electron chi connectivity index (χ4n) is 1.44. The van der Waals surface area contributed by atoms with Crippen LogP contribution in [0.1, 0.15) is 25.7 Å². The maximum absolute atomic E-state index is 5.36. The Morgan fingerprint density at radius 2 is 1.53 bits per heavy atom. The molecule has 0 aliphatic heterocycles. The molecular weight excluding hydrogens is 248 g/mol. The Morgan fingerprint density at radius 3 is 1.87 bits per heavy atom. The standard InChI is InChI=1S/C9H21O3S2Si/c1-5-6-7-8-9(13,14)15(10-2,11-3)12-4/h13-14H,1,5-8H2,2-4H3. The zero-order valence-corrected chi connectivity index (χ0v) is 12.4. The molecule has 0 aromatic carbocycles. The van der Waals surface area contributed by atoms with Crippen LogP contribution in [-0.2, 0) is 13.3 Å². The van der Waals surface area contributed by atoms with Gasteiger partial charge in [-0.2, -0.15) is 25.3 Å². The van der Waals surface area contributed by atoms with Crippen LogP contribution in [0.15, 0.2) is 0 Å². The van der Waals surface area contributed by atoms with E-state index in [9.17, 15) is 0 Å². The van der Waals surface area contributed by atoms with E-state index in [1.54, 1.807) is 21.3 Å². The van der Waals surface area contributed by atoms with Gasteiger partial charge in [0.2, 0.25) is 0 Å². The van der Waals surface area contributed by atoms with Crippen molar-refractivity contribution in [2.24, 2.45) is 0 Å². The van der Waals surface area contributed by atoms with Crippen molar-refractivity contribution in [2.45, 2.75) is 29.4 Å². The van der Waals surface area contributed by atoms with Crippen LogP contribution in [0.2, 0.25) is 0 Å². The second kappa shape index (κ2) is 7.19. The van der Waals surface area contributed by atoms with Crippen molar-refractivity contribution in [1.29, 1.82) is 0 Å². The maximum atomic E-state index is 5.36. The largest absolute Gasteiger partial charge is 0.527 e. The van der Waals surface area contributed by atoms with Gasteiger partial charge in [-0.05, 0) is 6.42 Å². The minimum Gasteiger partial charge on any atom is -0.376 e. The first-order valence-electron chi connectivity index (χ1n) is 4.89. The van der Waals surface area contributed by atoms with Crippen LogP contribution in [-0.4, -0.2) is 33.8 Å². The van der Waals surface area contributed by atoms with E-state index in [0.717, 1.165) is 25.7 Å². The highest BCUT2D eigenvalue weighted by Crippen LogP contribution is 2.37. The van der Waals surface area contributed by atoms with Crippen LogP contribution in [0, 0.1) is 6.92 Å². The van der Waals surface area contributed by atoms with Crippen LogP contribution >= 0.6 is 25.3 Å². The summed E-state index contributed by atoms with van der Waals surface area (Å²) >= 11 is 9.02. The van der Waals surface area contributed by atoms with Crippen LogP contribution < -0.4 is 0 Å². The van der Waals surface area contributed by atoms with Gasteiger partial charge < -0.3 is 13.3 Å². The van der Waals surface area contributed by atoms with Gasteiger partial charge >= 0.3 is 8.80 Å². The first-order valence-corrected chi connectivity index (χ1v) is 7.51. The highest BCUT2D eigenvalue weighted by molar-refractivity contribution is 8.03. The third-order valence-electron chi connectivity index (χ3n) is 2.32. The second-order valence-electron chi connectivity index (χ2n) is 3.30. The molecule has 0 aliphatic carbocycles. The van der Waals surface area contributed by atoms with Crippen molar-refractivity contribution in [3.63, 3.8) is 0 Å². The molecule has 0 heterocycles. The fourth-order valence-corrected chi connectivity index (χ4v) is 5.36. The van der Waals surface area contributed by atoms with Gasteiger partial charge in [0.25, 0.3) is 0 Å². The van der Waals surface area contributed by atoms with E-state index < -0.39 is 12.5 Å². The van der Waals surface area contributed by atoms with E-state index >= 15 is 0 Å². The Morgan fingerprint density at radius 1 is 1.07 bits per heavy atom. The van der Waals surface area contributed by atoms with Gasteiger partial charge in [0.05, 0.1) is 0 Å². The van der Waals surface area contributed by atoms with Crippen LogP contribution in [0.3, 0.4) is 0 Å². The normalized spacial score (nSPS) is 13.2. The van der Waals surface area contributed by atoms with E-state index in [4.69, 9.17) is 13.3 Å². The van der Waals surface area contributed by atoms with Crippen molar-refractivity contribution < 1.29 is 13.3 Å². The summed E-state index contributed by atoms with van der Waals surface area (Å²) in [4.78, 5) is 0. The molecule has 0 unspecified atom stereocenters. The number of unbranched alkanes of at least 4 members (excludes halogenated alkanes) is 2. The minimum absolute atomic E-state index is 0.652. The molecule has 0 rings (SSSR count). The zero-order chi connectivity index (χ0) is 11.9. The molecule has 91 valence electrons.